The van der Waals surface area contributed by atoms with Crippen molar-refractivity contribution in [2.45, 2.75) is 32.6 Å². The van der Waals surface area contributed by atoms with Gasteiger partial charge in [-0.1, -0.05) is 25.0 Å². The van der Waals surface area contributed by atoms with Crippen molar-refractivity contribution in [3.63, 3.8) is 0 Å². The Morgan fingerprint density at radius 1 is 1.19 bits per heavy atom. The van der Waals surface area contributed by atoms with Crippen LogP contribution in [0.5, 0.6) is 11.6 Å². The standard InChI is InChI=1S/C19H24N4O4/c1-2-27-16-10-6-5-9-15(16)23-18(25)14(17(24)21-19(23)26)13-20-22-11-7-3-4-8-12-22/h5-6,9-10,13,25H,2-4,7-8,11-12H2,1H3,(H,21,24,26)/b20-13+. The lowest BCUT2D eigenvalue weighted by molar-refractivity contribution is 0.302. The van der Waals surface area contributed by atoms with Crippen LogP contribution in [-0.2, 0) is 0 Å². The van der Waals surface area contributed by atoms with Crippen LogP contribution in [-0.4, -0.2) is 45.6 Å². The van der Waals surface area contributed by atoms with Crippen LogP contribution in [0.25, 0.3) is 5.69 Å². The highest BCUT2D eigenvalue weighted by molar-refractivity contribution is 5.82. The molecule has 2 N–H and O–H groups in total. The molecular weight excluding hydrogens is 348 g/mol. The summed E-state index contributed by atoms with van der Waals surface area (Å²) < 4.78 is 6.56. The van der Waals surface area contributed by atoms with Crippen molar-refractivity contribution in [2.75, 3.05) is 19.7 Å². The van der Waals surface area contributed by atoms with E-state index in [9.17, 15) is 14.7 Å². The van der Waals surface area contributed by atoms with Crippen molar-refractivity contribution in [1.82, 2.24) is 14.6 Å². The van der Waals surface area contributed by atoms with Crippen LogP contribution < -0.4 is 16.0 Å². The molecule has 0 spiro atoms. The van der Waals surface area contributed by atoms with Gasteiger partial charge in [-0.2, -0.15) is 5.10 Å². The summed E-state index contributed by atoms with van der Waals surface area (Å²) in [4.78, 5) is 26.8. The monoisotopic (exact) mass is 372 g/mol. The van der Waals surface area contributed by atoms with E-state index in [2.05, 4.69) is 10.1 Å². The number of ether oxygens (including phenoxy) is 1. The number of aromatic hydroxyl groups is 1. The Balaban J connectivity index is 2.04. The number of nitrogens with zero attached hydrogens (tertiary/aromatic N) is 3. The minimum atomic E-state index is -0.739. The smallest absolute Gasteiger partial charge is 0.335 e. The lowest BCUT2D eigenvalue weighted by Crippen LogP contribution is -2.32. The van der Waals surface area contributed by atoms with E-state index in [-0.39, 0.29) is 5.56 Å². The average molecular weight is 372 g/mol. The maximum absolute atomic E-state index is 12.4. The highest BCUT2D eigenvalue weighted by Crippen LogP contribution is 2.25. The van der Waals surface area contributed by atoms with Gasteiger partial charge in [0.2, 0.25) is 5.88 Å². The summed E-state index contributed by atoms with van der Waals surface area (Å²) in [7, 11) is 0. The topological polar surface area (TPSA) is 99.9 Å². The highest BCUT2D eigenvalue weighted by Gasteiger charge is 2.17. The van der Waals surface area contributed by atoms with Gasteiger partial charge in [0.05, 0.1) is 18.5 Å². The van der Waals surface area contributed by atoms with Crippen molar-refractivity contribution in [3.8, 4) is 17.3 Å². The maximum Gasteiger partial charge on any atom is 0.335 e. The number of aromatic nitrogens is 2. The van der Waals surface area contributed by atoms with Gasteiger partial charge in [-0.25, -0.2) is 9.36 Å². The number of para-hydroxylation sites is 2. The maximum atomic E-state index is 12.4. The van der Waals surface area contributed by atoms with Gasteiger partial charge in [0.15, 0.2) is 0 Å². The van der Waals surface area contributed by atoms with Crippen LogP contribution >= 0.6 is 0 Å². The largest absolute Gasteiger partial charge is 0.493 e. The Morgan fingerprint density at radius 3 is 2.59 bits per heavy atom. The molecule has 1 fully saturated rings. The van der Waals surface area contributed by atoms with Crippen LogP contribution in [0.1, 0.15) is 38.2 Å². The summed E-state index contributed by atoms with van der Waals surface area (Å²) in [6.45, 7) is 3.84. The molecule has 1 aliphatic heterocycles. The molecule has 3 rings (SSSR count). The first-order valence-electron chi connectivity index (χ1n) is 9.21. The molecule has 0 atom stereocenters. The van der Waals surface area contributed by atoms with Crippen LogP contribution in [0.3, 0.4) is 0 Å². The predicted molar refractivity (Wildman–Crippen MR) is 103 cm³/mol. The summed E-state index contributed by atoms with van der Waals surface area (Å²) in [6, 6.07) is 6.82. The molecule has 0 unspecified atom stereocenters. The summed E-state index contributed by atoms with van der Waals surface area (Å²) in [5, 5.41) is 16.9. The van der Waals surface area contributed by atoms with Crippen LogP contribution in [0, 0.1) is 0 Å². The Hall–Kier alpha value is -3.03. The predicted octanol–water partition coefficient (Wildman–Crippen LogP) is 1.84. The van der Waals surface area contributed by atoms with E-state index in [1.165, 1.54) is 6.21 Å². The second-order valence-corrected chi connectivity index (χ2v) is 6.35. The minimum absolute atomic E-state index is 0.0647. The van der Waals surface area contributed by atoms with E-state index in [0.717, 1.165) is 43.3 Å². The molecule has 1 aromatic heterocycles. The van der Waals surface area contributed by atoms with E-state index >= 15 is 0 Å². The molecule has 0 saturated carbocycles. The Morgan fingerprint density at radius 2 is 1.89 bits per heavy atom. The highest BCUT2D eigenvalue weighted by atomic mass is 16.5. The van der Waals surface area contributed by atoms with Gasteiger partial charge in [-0.15, -0.1) is 0 Å². The first-order chi connectivity index (χ1) is 13.1. The molecule has 2 heterocycles. The number of hydrogen-bond donors (Lipinski definition) is 2. The van der Waals surface area contributed by atoms with Crippen LogP contribution in [0.4, 0.5) is 0 Å². The van der Waals surface area contributed by atoms with Crippen LogP contribution in [0.15, 0.2) is 39.0 Å². The van der Waals surface area contributed by atoms with E-state index in [0.29, 0.717) is 18.0 Å². The molecule has 27 heavy (non-hydrogen) atoms. The zero-order valence-corrected chi connectivity index (χ0v) is 15.4. The van der Waals surface area contributed by atoms with Gasteiger partial charge in [-0.3, -0.25) is 14.8 Å². The molecule has 1 aromatic carbocycles. The molecular formula is C19H24N4O4. The van der Waals surface area contributed by atoms with Gasteiger partial charge in [0.25, 0.3) is 5.56 Å². The van der Waals surface area contributed by atoms with E-state index in [4.69, 9.17) is 4.74 Å². The summed E-state index contributed by atoms with van der Waals surface area (Å²) in [6.07, 6.45) is 5.73. The molecule has 1 aliphatic rings. The van der Waals surface area contributed by atoms with Crippen molar-refractivity contribution < 1.29 is 9.84 Å². The van der Waals surface area contributed by atoms with Gasteiger partial charge >= 0.3 is 5.69 Å². The SMILES string of the molecule is CCOc1ccccc1-n1c(O)c(/C=N/N2CCCCCC2)c(=O)[nH]c1=O. The Bertz CT molecular complexity index is 924. The molecule has 0 radical (unpaired) electrons. The molecule has 8 nitrogen and oxygen atoms in total. The van der Waals surface area contributed by atoms with Gasteiger partial charge in [0, 0.05) is 13.1 Å². The quantitative estimate of drug-likeness (QED) is 0.780. The molecule has 8 heteroatoms. The van der Waals surface area contributed by atoms with Crippen molar-refractivity contribution in [2.24, 2.45) is 5.10 Å². The third kappa shape index (κ3) is 4.21. The normalized spacial score (nSPS) is 15.1. The summed E-state index contributed by atoms with van der Waals surface area (Å²) in [5.41, 5.74) is -1.13. The Kier molecular flexibility index (Phi) is 5.95. The van der Waals surface area contributed by atoms with E-state index in [1.54, 1.807) is 24.3 Å². The number of benzene rings is 1. The average Bonchev–Trinajstić information content (AvgIpc) is 2.92. The fraction of sp³-hybridized carbons (Fsp3) is 0.421. The molecule has 0 amide bonds. The lowest BCUT2D eigenvalue weighted by atomic mass is 10.2. The fourth-order valence-electron chi connectivity index (χ4n) is 3.11. The van der Waals surface area contributed by atoms with Crippen molar-refractivity contribution in [3.05, 3.63) is 50.7 Å². The number of hydrogen-bond acceptors (Lipinski definition) is 6. The van der Waals surface area contributed by atoms with Gasteiger partial charge in [-0.05, 0) is 31.9 Å². The van der Waals surface area contributed by atoms with Gasteiger partial charge in [0.1, 0.15) is 11.3 Å². The second-order valence-electron chi connectivity index (χ2n) is 6.35. The first-order valence-corrected chi connectivity index (χ1v) is 9.21. The fourth-order valence-corrected chi connectivity index (χ4v) is 3.11. The summed E-state index contributed by atoms with van der Waals surface area (Å²) in [5.74, 6) is -0.0330. The number of rotatable bonds is 5. The molecule has 0 aliphatic carbocycles. The minimum Gasteiger partial charge on any atom is -0.493 e. The lowest BCUT2D eigenvalue weighted by Gasteiger charge is -2.16. The summed E-state index contributed by atoms with van der Waals surface area (Å²) >= 11 is 0. The molecule has 2 aromatic rings. The Labute approximate surface area is 156 Å². The van der Waals surface area contributed by atoms with Crippen LogP contribution in [0.2, 0.25) is 0 Å². The van der Waals surface area contributed by atoms with E-state index < -0.39 is 17.1 Å². The zero-order chi connectivity index (χ0) is 19.2. The second kappa shape index (κ2) is 8.57. The molecule has 1 saturated heterocycles. The third-order valence-corrected chi connectivity index (χ3v) is 4.46. The van der Waals surface area contributed by atoms with Gasteiger partial charge < -0.3 is 9.84 Å². The van der Waals surface area contributed by atoms with Crippen molar-refractivity contribution in [1.29, 1.82) is 0 Å². The number of aromatic amines is 1. The zero-order valence-electron chi connectivity index (χ0n) is 15.4. The molecule has 0 bridgehead atoms. The number of H-pyrrole nitrogens is 1. The first kappa shape index (κ1) is 18.8. The molecule has 144 valence electrons. The third-order valence-electron chi connectivity index (χ3n) is 4.46. The van der Waals surface area contributed by atoms with Crippen molar-refractivity contribution >= 4 is 6.21 Å². The van der Waals surface area contributed by atoms with E-state index in [1.807, 2.05) is 11.9 Å². The number of hydrazone groups is 1. The number of nitrogens with one attached hydrogen (secondary N) is 1.